The Kier molecular flexibility index (Phi) is 8.07. The summed E-state index contributed by atoms with van der Waals surface area (Å²) in [7, 11) is 0. The van der Waals surface area contributed by atoms with Crippen molar-refractivity contribution < 1.29 is 14.4 Å². The maximum atomic E-state index is 12.8. The van der Waals surface area contributed by atoms with Crippen molar-refractivity contribution in [1.29, 1.82) is 0 Å². The molecule has 0 aliphatic heterocycles. The first kappa shape index (κ1) is 20.9. The molecule has 0 heterocycles. The van der Waals surface area contributed by atoms with Gasteiger partial charge in [0.15, 0.2) is 0 Å². The molecule has 2 aromatic carbocycles. The number of carbonyl (C=O) groups is 2. The number of benzene rings is 2. The quantitative estimate of drug-likeness (QED) is 0.594. The van der Waals surface area contributed by atoms with E-state index in [4.69, 9.17) is 4.84 Å². The van der Waals surface area contributed by atoms with Gasteiger partial charge in [-0.25, -0.2) is 10.3 Å². The van der Waals surface area contributed by atoms with Gasteiger partial charge in [-0.05, 0) is 29.9 Å². The first-order valence-electron chi connectivity index (χ1n) is 10.3. The van der Waals surface area contributed by atoms with Crippen LogP contribution in [-0.2, 0) is 16.2 Å². The molecule has 1 fully saturated rings. The molecule has 3 N–H and O–H groups in total. The third kappa shape index (κ3) is 6.91. The predicted octanol–water partition coefficient (Wildman–Crippen LogP) is 3.86. The minimum absolute atomic E-state index is 0.208. The van der Waals surface area contributed by atoms with E-state index >= 15 is 0 Å². The Labute approximate surface area is 172 Å². The monoisotopic (exact) mass is 395 g/mol. The number of hydrogen-bond acceptors (Lipinski definition) is 3. The zero-order chi connectivity index (χ0) is 20.3. The highest BCUT2D eigenvalue weighted by Crippen LogP contribution is 2.23. The van der Waals surface area contributed by atoms with Crippen LogP contribution in [0.5, 0.6) is 0 Å². The molecule has 1 saturated carbocycles. The zero-order valence-electron chi connectivity index (χ0n) is 16.6. The number of amides is 3. The van der Waals surface area contributed by atoms with E-state index in [9.17, 15) is 9.59 Å². The third-order valence-electron chi connectivity index (χ3n) is 5.21. The average Bonchev–Trinajstić information content (AvgIpc) is 2.78. The van der Waals surface area contributed by atoms with Gasteiger partial charge in [-0.1, -0.05) is 79.9 Å². The van der Waals surface area contributed by atoms with Gasteiger partial charge in [0.1, 0.15) is 6.04 Å². The molecule has 154 valence electrons. The summed E-state index contributed by atoms with van der Waals surface area (Å²) in [6, 6.07) is 17.4. The van der Waals surface area contributed by atoms with Crippen molar-refractivity contribution in [2.24, 2.45) is 5.92 Å². The molecule has 0 bridgehead atoms. The molecule has 0 saturated heterocycles. The number of hydrogen-bond donors (Lipinski definition) is 3. The van der Waals surface area contributed by atoms with Crippen LogP contribution in [0.1, 0.15) is 49.3 Å². The van der Waals surface area contributed by atoms with Crippen LogP contribution in [0, 0.1) is 5.92 Å². The summed E-state index contributed by atoms with van der Waals surface area (Å²) in [6.07, 6.45) is 6.03. The number of hydroxylamine groups is 1. The van der Waals surface area contributed by atoms with E-state index in [0.717, 1.165) is 24.0 Å². The lowest BCUT2D eigenvalue weighted by Gasteiger charge is -2.24. The molecule has 2 aromatic rings. The second kappa shape index (κ2) is 11.2. The summed E-state index contributed by atoms with van der Waals surface area (Å²) in [4.78, 5) is 30.4. The molecule has 1 aliphatic rings. The normalized spacial score (nSPS) is 15.3. The van der Waals surface area contributed by atoms with Gasteiger partial charge in [-0.2, -0.15) is 0 Å². The molecule has 0 spiro atoms. The SMILES string of the molecule is O=C(NOCc1ccccc1)N[C@@H](C(=O)NCC1CCCCC1)c1ccccc1. The number of rotatable bonds is 8. The van der Waals surface area contributed by atoms with Crippen molar-refractivity contribution in [2.45, 2.75) is 44.8 Å². The van der Waals surface area contributed by atoms with Crippen LogP contribution in [0.3, 0.4) is 0 Å². The summed E-state index contributed by atoms with van der Waals surface area (Å²) < 4.78 is 0. The Morgan fingerprint density at radius 2 is 1.59 bits per heavy atom. The maximum Gasteiger partial charge on any atom is 0.339 e. The van der Waals surface area contributed by atoms with Crippen molar-refractivity contribution >= 4 is 11.9 Å². The summed E-state index contributed by atoms with van der Waals surface area (Å²) in [5, 5.41) is 5.74. The van der Waals surface area contributed by atoms with E-state index in [2.05, 4.69) is 16.1 Å². The second-order valence-corrected chi connectivity index (χ2v) is 7.44. The van der Waals surface area contributed by atoms with Gasteiger partial charge >= 0.3 is 6.03 Å². The van der Waals surface area contributed by atoms with Crippen LogP contribution in [-0.4, -0.2) is 18.5 Å². The zero-order valence-corrected chi connectivity index (χ0v) is 16.6. The summed E-state index contributed by atoms with van der Waals surface area (Å²) in [5.41, 5.74) is 4.03. The standard InChI is InChI=1S/C23H29N3O3/c27-22(24-16-18-10-4-1-5-11-18)21(20-14-8-3-9-15-20)25-23(28)26-29-17-19-12-6-2-7-13-19/h2-3,6-9,12-15,18,21H,1,4-5,10-11,16-17H2,(H,24,27)(H2,25,26,28)/t21-/m1/s1. The van der Waals surface area contributed by atoms with Crippen molar-refractivity contribution in [3.8, 4) is 0 Å². The van der Waals surface area contributed by atoms with Crippen LogP contribution < -0.4 is 16.1 Å². The minimum atomic E-state index is -0.778. The smallest absolute Gasteiger partial charge is 0.339 e. The van der Waals surface area contributed by atoms with Crippen molar-refractivity contribution in [1.82, 2.24) is 16.1 Å². The van der Waals surface area contributed by atoms with Gasteiger partial charge in [0.2, 0.25) is 5.91 Å². The van der Waals surface area contributed by atoms with E-state index in [1.165, 1.54) is 19.3 Å². The average molecular weight is 396 g/mol. The lowest BCUT2D eigenvalue weighted by Crippen LogP contribution is -2.45. The Morgan fingerprint density at radius 3 is 2.28 bits per heavy atom. The maximum absolute atomic E-state index is 12.8. The molecule has 29 heavy (non-hydrogen) atoms. The molecular weight excluding hydrogens is 366 g/mol. The van der Waals surface area contributed by atoms with Crippen LogP contribution in [0.25, 0.3) is 0 Å². The number of nitrogens with one attached hydrogen (secondary N) is 3. The lowest BCUT2D eigenvalue weighted by molar-refractivity contribution is -0.123. The van der Waals surface area contributed by atoms with Gasteiger partial charge in [0.05, 0.1) is 6.61 Å². The fourth-order valence-electron chi connectivity index (χ4n) is 3.60. The molecule has 6 nitrogen and oxygen atoms in total. The summed E-state index contributed by atoms with van der Waals surface area (Å²) >= 11 is 0. The summed E-state index contributed by atoms with van der Waals surface area (Å²) in [5.74, 6) is 0.312. The Bertz CT molecular complexity index is 761. The Morgan fingerprint density at radius 1 is 0.931 bits per heavy atom. The second-order valence-electron chi connectivity index (χ2n) is 7.44. The molecule has 6 heteroatoms. The third-order valence-corrected chi connectivity index (χ3v) is 5.21. The summed E-state index contributed by atoms with van der Waals surface area (Å²) in [6.45, 7) is 0.897. The topological polar surface area (TPSA) is 79.5 Å². The van der Waals surface area contributed by atoms with Gasteiger partial charge in [0.25, 0.3) is 0 Å². The highest BCUT2D eigenvalue weighted by Gasteiger charge is 2.24. The van der Waals surface area contributed by atoms with E-state index in [1.54, 1.807) is 0 Å². The lowest BCUT2D eigenvalue weighted by atomic mass is 9.89. The number of carbonyl (C=O) groups excluding carboxylic acids is 2. The fourth-order valence-corrected chi connectivity index (χ4v) is 3.60. The van der Waals surface area contributed by atoms with Crippen LogP contribution in [0.2, 0.25) is 0 Å². The van der Waals surface area contributed by atoms with E-state index in [-0.39, 0.29) is 12.5 Å². The van der Waals surface area contributed by atoms with Crippen molar-refractivity contribution in [3.05, 3.63) is 71.8 Å². The molecule has 0 aromatic heterocycles. The van der Waals surface area contributed by atoms with Crippen molar-refractivity contribution in [3.63, 3.8) is 0 Å². The molecule has 0 unspecified atom stereocenters. The van der Waals surface area contributed by atoms with Crippen molar-refractivity contribution in [2.75, 3.05) is 6.54 Å². The van der Waals surface area contributed by atoms with E-state index in [0.29, 0.717) is 12.5 Å². The first-order valence-corrected chi connectivity index (χ1v) is 10.3. The highest BCUT2D eigenvalue weighted by atomic mass is 16.7. The Hall–Kier alpha value is -2.86. The van der Waals surface area contributed by atoms with Crippen LogP contribution in [0.15, 0.2) is 60.7 Å². The van der Waals surface area contributed by atoms with Gasteiger partial charge < -0.3 is 10.6 Å². The first-order chi connectivity index (χ1) is 14.2. The molecule has 1 atom stereocenters. The predicted molar refractivity (Wildman–Crippen MR) is 112 cm³/mol. The van der Waals surface area contributed by atoms with Gasteiger partial charge in [-0.15, -0.1) is 0 Å². The minimum Gasteiger partial charge on any atom is -0.354 e. The van der Waals surface area contributed by atoms with Gasteiger partial charge in [-0.3, -0.25) is 9.63 Å². The van der Waals surface area contributed by atoms with Crippen LogP contribution in [0.4, 0.5) is 4.79 Å². The highest BCUT2D eigenvalue weighted by molar-refractivity contribution is 5.87. The van der Waals surface area contributed by atoms with Gasteiger partial charge in [0, 0.05) is 6.54 Å². The molecule has 0 radical (unpaired) electrons. The van der Waals surface area contributed by atoms with Crippen LogP contribution >= 0.6 is 0 Å². The molecule has 3 rings (SSSR count). The Balaban J connectivity index is 1.53. The fraction of sp³-hybridized carbons (Fsp3) is 0.391. The van der Waals surface area contributed by atoms with E-state index in [1.807, 2.05) is 60.7 Å². The molecule has 1 aliphatic carbocycles. The van der Waals surface area contributed by atoms with E-state index < -0.39 is 12.1 Å². The molecule has 3 amide bonds. The molecular formula is C23H29N3O3. The number of urea groups is 1. The largest absolute Gasteiger partial charge is 0.354 e.